The molecular formula is C16H26IN3. The van der Waals surface area contributed by atoms with Crippen molar-refractivity contribution >= 4 is 35.6 Å². The molecule has 1 aliphatic heterocycles. The molecule has 0 amide bonds. The maximum Gasteiger partial charge on any atom is 0.198 e. The highest BCUT2D eigenvalue weighted by Gasteiger charge is 2.21. The summed E-state index contributed by atoms with van der Waals surface area (Å²) >= 11 is 0. The van der Waals surface area contributed by atoms with Gasteiger partial charge in [-0.25, -0.2) is 0 Å². The minimum Gasteiger partial charge on any atom is -0.356 e. The minimum absolute atomic E-state index is 0. The van der Waals surface area contributed by atoms with Gasteiger partial charge in [0.15, 0.2) is 5.96 Å². The zero-order valence-corrected chi connectivity index (χ0v) is 15.1. The summed E-state index contributed by atoms with van der Waals surface area (Å²) in [5.74, 6) is 1.78. The second-order valence-electron chi connectivity index (χ2n) is 5.54. The Balaban J connectivity index is 0.00000200. The van der Waals surface area contributed by atoms with E-state index in [9.17, 15) is 0 Å². The molecule has 0 saturated carbocycles. The fourth-order valence-corrected chi connectivity index (χ4v) is 2.56. The smallest absolute Gasteiger partial charge is 0.198 e. The number of fused-ring (bicyclic) bond motifs is 1. The third-order valence-corrected chi connectivity index (χ3v) is 3.60. The van der Waals surface area contributed by atoms with Gasteiger partial charge < -0.3 is 10.2 Å². The van der Waals surface area contributed by atoms with Crippen LogP contribution in [0.25, 0.3) is 0 Å². The Bertz CT molecular complexity index is 443. The van der Waals surface area contributed by atoms with Gasteiger partial charge in [0.1, 0.15) is 0 Å². The molecule has 1 aromatic carbocycles. The van der Waals surface area contributed by atoms with Crippen LogP contribution in [0.3, 0.4) is 0 Å². The van der Waals surface area contributed by atoms with Crippen molar-refractivity contribution in [1.29, 1.82) is 0 Å². The van der Waals surface area contributed by atoms with Gasteiger partial charge in [-0.05, 0) is 36.8 Å². The number of hydrogen-bond donors (Lipinski definition) is 1. The van der Waals surface area contributed by atoms with Crippen molar-refractivity contribution in [2.45, 2.75) is 33.1 Å². The highest BCUT2D eigenvalue weighted by atomic mass is 127. The van der Waals surface area contributed by atoms with Crippen molar-refractivity contribution in [3.63, 3.8) is 0 Å². The van der Waals surface area contributed by atoms with Crippen molar-refractivity contribution in [1.82, 2.24) is 5.32 Å². The molecule has 4 heteroatoms. The molecule has 1 aliphatic rings. The van der Waals surface area contributed by atoms with Crippen LogP contribution in [0.5, 0.6) is 0 Å². The lowest BCUT2D eigenvalue weighted by atomic mass is 10.1. The second-order valence-corrected chi connectivity index (χ2v) is 5.54. The zero-order chi connectivity index (χ0) is 13.7. The van der Waals surface area contributed by atoms with Crippen LogP contribution < -0.4 is 10.2 Å². The highest BCUT2D eigenvalue weighted by Crippen LogP contribution is 2.27. The predicted molar refractivity (Wildman–Crippen MR) is 98.3 cm³/mol. The summed E-state index contributed by atoms with van der Waals surface area (Å²) in [6.45, 7) is 6.57. The number of guanidine groups is 1. The number of anilines is 1. The van der Waals surface area contributed by atoms with E-state index in [0.717, 1.165) is 31.4 Å². The summed E-state index contributed by atoms with van der Waals surface area (Å²) < 4.78 is 0. The number of para-hydroxylation sites is 1. The van der Waals surface area contributed by atoms with Gasteiger partial charge in [0.05, 0.1) is 0 Å². The molecule has 0 bridgehead atoms. The first-order valence-electron chi connectivity index (χ1n) is 7.28. The van der Waals surface area contributed by atoms with Crippen LogP contribution in [0.4, 0.5) is 5.69 Å². The quantitative estimate of drug-likeness (QED) is 0.370. The summed E-state index contributed by atoms with van der Waals surface area (Å²) in [6.07, 6.45) is 3.58. The van der Waals surface area contributed by atoms with E-state index in [-0.39, 0.29) is 24.0 Å². The lowest BCUT2D eigenvalue weighted by Crippen LogP contribution is -2.41. The van der Waals surface area contributed by atoms with Gasteiger partial charge in [-0.15, -0.1) is 24.0 Å². The third-order valence-electron chi connectivity index (χ3n) is 3.60. The first-order valence-corrected chi connectivity index (χ1v) is 7.28. The second kappa shape index (κ2) is 8.49. The van der Waals surface area contributed by atoms with Gasteiger partial charge in [-0.3, -0.25) is 4.99 Å². The van der Waals surface area contributed by atoms with Gasteiger partial charge in [0.25, 0.3) is 0 Å². The summed E-state index contributed by atoms with van der Waals surface area (Å²) in [4.78, 5) is 6.71. The Morgan fingerprint density at radius 3 is 2.80 bits per heavy atom. The van der Waals surface area contributed by atoms with Gasteiger partial charge in [0.2, 0.25) is 0 Å². The summed E-state index contributed by atoms with van der Waals surface area (Å²) in [6, 6.07) is 8.61. The molecule has 1 heterocycles. The van der Waals surface area contributed by atoms with Crippen molar-refractivity contribution in [2.24, 2.45) is 10.9 Å². The van der Waals surface area contributed by atoms with E-state index >= 15 is 0 Å². The fourth-order valence-electron chi connectivity index (χ4n) is 2.56. The van der Waals surface area contributed by atoms with E-state index < -0.39 is 0 Å². The van der Waals surface area contributed by atoms with E-state index in [0.29, 0.717) is 0 Å². The number of rotatable bonds is 4. The molecule has 3 nitrogen and oxygen atoms in total. The molecule has 0 radical (unpaired) electrons. The zero-order valence-electron chi connectivity index (χ0n) is 12.7. The Hall–Kier alpha value is -0.780. The Morgan fingerprint density at radius 1 is 1.35 bits per heavy atom. The van der Waals surface area contributed by atoms with Gasteiger partial charge in [-0.1, -0.05) is 32.0 Å². The lowest BCUT2D eigenvalue weighted by molar-refractivity contribution is 0.550. The first kappa shape index (κ1) is 17.3. The van der Waals surface area contributed by atoms with E-state index in [4.69, 9.17) is 0 Å². The number of hydrogen-bond acceptors (Lipinski definition) is 1. The van der Waals surface area contributed by atoms with E-state index in [1.807, 2.05) is 7.05 Å². The average Bonchev–Trinajstić information content (AvgIpc) is 2.83. The summed E-state index contributed by atoms with van der Waals surface area (Å²) in [7, 11) is 1.87. The molecule has 112 valence electrons. The van der Waals surface area contributed by atoms with E-state index in [1.54, 1.807) is 0 Å². The van der Waals surface area contributed by atoms with Crippen molar-refractivity contribution in [2.75, 3.05) is 25.0 Å². The molecule has 1 aromatic rings. The fraction of sp³-hybridized carbons (Fsp3) is 0.562. The largest absolute Gasteiger partial charge is 0.356 e. The Morgan fingerprint density at radius 2 is 2.10 bits per heavy atom. The average molecular weight is 387 g/mol. The highest BCUT2D eigenvalue weighted by molar-refractivity contribution is 14.0. The topological polar surface area (TPSA) is 27.6 Å². The van der Waals surface area contributed by atoms with Crippen LogP contribution in [0.15, 0.2) is 29.3 Å². The molecule has 0 aromatic heterocycles. The maximum absolute atomic E-state index is 4.42. The monoisotopic (exact) mass is 387 g/mol. The SMILES string of the molecule is CN=C(NCCCC(C)C)N1CCc2ccccc21.I. The molecule has 1 N–H and O–H groups in total. The molecule has 0 aliphatic carbocycles. The van der Waals surface area contributed by atoms with Crippen LogP contribution in [0.2, 0.25) is 0 Å². The molecule has 0 spiro atoms. The molecule has 20 heavy (non-hydrogen) atoms. The Kier molecular flexibility index (Phi) is 7.34. The van der Waals surface area contributed by atoms with Crippen LogP contribution in [-0.4, -0.2) is 26.1 Å². The molecule has 0 unspecified atom stereocenters. The normalized spacial score (nSPS) is 14.2. The number of benzene rings is 1. The van der Waals surface area contributed by atoms with Gasteiger partial charge >= 0.3 is 0 Å². The van der Waals surface area contributed by atoms with E-state index in [2.05, 4.69) is 53.3 Å². The molecule has 0 saturated heterocycles. The van der Waals surface area contributed by atoms with E-state index in [1.165, 1.54) is 24.1 Å². The third kappa shape index (κ3) is 4.36. The standard InChI is InChI=1S/C16H25N3.HI/c1-13(2)7-6-11-18-16(17-3)19-12-10-14-8-4-5-9-15(14)19;/h4-5,8-9,13H,6-7,10-12H2,1-3H3,(H,17,18);1H. The van der Waals surface area contributed by atoms with Crippen molar-refractivity contribution in [3.8, 4) is 0 Å². The maximum atomic E-state index is 4.42. The molecule has 2 rings (SSSR count). The van der Waals surface area contributed by atoms with Crippen molar-refractivity contribution < 1.29 is 0 Å². The minimum atomic E-state index is 0. The molecular weight excluding hydrogens is 361 g/mol. The molecule has 0 atom stereocenters. The van der Waals surface area contributed by atoms with Crippen LogP contribution >= 0.6 is 24.0 Å². The molecule has 0 fully saturated rings. The predicted octanol–water partition coefficient (Wildman–Crippen LogP) is 3.68. The van der Waals surface area contributed by atoms with Crippen LogP contribution in [0.1, 0.15) is 32.3 Å². The van der Waals surface area contributed by atoms with Gasteiger partial charge in [-0.2, -0.15) is 0 Å². The number of halogens is 1. The lowest BCUT2D eigenvalue weighted by Gasteiger charge is -2.22. The van der Waals surface area contributed by atoms with Crippen LogP contribution in [0, 0.1) is 5.92 Å². The Labute approximate surface area is 139 Å². The number of nitrogens with zero attached hydrogens (tertiary/aromatic N) is 2. The number of nitrogens with one attached hydrogen (secondary N) is 1. The van der Waals surface area contributed by atoms with Gasteiger partial charge in [0, 0.05) is 25.8 Å². The number of aliphatic imine (C=N–C) groups is 1. The van der Waals surface area contributed by atoms with Crippen molar-refractivity contribution in [3.05, 3.63) is 29.8 Å². The summed E-state index contributed by atoms with van der Waals surface area (Å²) in [5, 5.41) is 3.48. The first-order chi connectivity index (χ1) is 9.22. The van der Waals surface area contributed by atoms with Crippen LogP contribution in [-0.2, 0) is 6.42 Å². The summed E-state index contributed by atoms with van der Waals surface area (Å²) in [5.41, 5.74) is 2.73.